The largest absolute Gasteiger partial charge is 0.467 e. The van der Waals surface area contributed by atoms with Crippen molar-refractivity contribution >= 4 is 0 Å². The summed E-state index contributed by atoms with van der Waals surface area (Å²) in [6.45, 7) is 6.96. The molecule has 17 heavy (non-hydrogen) atoms. The van der Waals surface area contributed by atoms with E-state index in [0.29, 0.717) is 12.5 Å². The van der Waals surface area contributed by atoms with Crippen molar-refractivity contribution in [3.63, 3.8) is 0 Å². The first kappa shape index (κ1) is 12.6. The van der Waals surface area contributed by atoms with Gasteiger partial charge >= 0.3 is 0 Å². The van der Waals surface area contributed by atoms with Gasteiger partial charge in [-0.2, -0.15) is 0 Å². The lowest BCUT2D eigenvalue weighted by Gasteiger charge is -2.06. The van der Waals surface area contributed by atoms with Gasteiger partial charge in [0.2, 0.25) is 0 Å². The average molecular weight is 239 g/mol. The van der Waals surface area contributed by atoms with Crippen molar-refractivity contribution in [1.82, 2.24) is 5.32 Å². The van der Waals surface area contributed by atoms with Gasteiger partial charge in [0, 0.05) is 24.6 Å². The first-order valence-corrected chi connectivity index (χ1v) is 6.31. The predicted octanol–water partition coefficient (Wildman–Crippen LogP) is 1.94. The number of ether oxygens (including phenoxy) is 2. The highest BCUT2D eigenvalue weighted by atomic mass is 16.5. The van der Waals surface area contributed by atoms with Gasteiger partial charge in [-0.3, -0.25) is 0 Å². The van der Waals surface area contributed by atoms with Gasteiger partial charge < -0.3 is 19.2 Å². The Kier molecular flexibility index (Phi) is 5.04. The molecule has 0 radical (unpaired) electrons. The van der Waals surface area contributed by atoms with Crippen LogP contribution >= 0.6 is 0 Å². The van der Waals surface area contributed by atoms with E-state index in [1.165, 1.54) is 5.56 Å². The first-order valence-electron chi connectivity index (χ1n) is 6.31. The van der Waals surface area contributed by atoms with Crippen LogP contribution in [0, 0.1) is 5.92 Å². The summed E-state index contributed by atoms with van der Waals surface area (Å²) in [4.78, 5) is 0. The van der Waals surface area contributed by atoms with Crippen molar-refractivity contribution in [2.75, 3.05) is 26.4 Å². The van der Waals surface area contributed by atoms with E-state index in [9.17, 15) is 0 Å². The van der Waals surface area contributed by atoms with Gasteiger partial charge in [0.05, 0.1) is 19.5 Å². The maximum absolute atomic E-state index is 5.63. The molecule has 0 aromatic carbocycles. The molecule has 1 fully saturated rings. The third kappa shape index (κ3) is 4.15. The second kappa shape index (κ2) is 6.79. The van der Waals surface area contributed by atoms with E-state index < -0.39 is 0 Å². The SMILES string of the molecule is CCNCc1coc(COCC2CCOC2)c1. The summed E-state index contributed by atoms with van der Waals surface area (Å²) in [5, 5.41) is 3.26. The standard InChI is InChI=1S/C13H21NO3/c1-2-14-6-12-5-13(17-9-12)10-16-8-11-3-4-15-7-11/h5,9,11,14H,2-4,6-8,10H2,1H3. The van der Waals surface area contributed by atoms with E-state index >= 15 is 0 Å². The van der Waals surface area contributed by atoms with Gasteiger partial charge in [0.25, 0.3) is 0 Å². The molecule has 4 heteroatoms. The number of hydrogen-bond acceptors (Lipinski definition) is 4. The van der Waals surface area contributed by atoms with Crippen LogP contribution in [0.25, 0.3) is 0 Å². The van der Waals surface area contributed by atoms with Crippen LogP contribution in [0.4, 0.5) is 0 Å². The Hall–Kier alpha value is -0.840. The number of furan rings is 1. The second-order valence-electron chi connectivity index (χ2n) is 4.45. The fourth-order valence-electron chi connectivity index (χ4n) is 1.90. The molecule has 0 bridgehead atoms. The van der Waals surface area contributed by atoms with Crippen molar-refractivity contribution in [1.29, 1.82) is 0 Å². The summed E-state index contributed by atoms with van der Waals surface area (Å²) < 4.78 is 16.4. The lowest BCUT2D eigenvalue weighted by atomic mass is 10.1. The molecule has 1 aromatic heterocycles. The summed E-state index contributed by atoms with van der Waals surface area (Å²) in [6, 6.07) is 2.05. The number of rotatable bonds is 7. The van der Waals surface area contributed by atoms with Crippen LogP contribution in [0.15, 0.2) is 16.7 Å². The molecule has 4 nitrogen and oxygen atoms in total. The van der Waals surface area contributed by atoms with Gasteiger partial charge in [0.15, 0.2) is 0 Å². The van der Waals surface area contributed by atoms with E-state index in [2.05, 4.69) is 12.2 Å². The highest BCUT2D eigenvalue weighted by Crippen LogP contribution is 2.14. The number of hydrogen-bond donors (Lipinski definition) is 1. The van der Waals surface area contributed by atoms with Crippen LogP contribution in [0.2, 0.25) is 0 Å². The fourth-order valence-corrected chi connectivity index (χ4v) is 1.90. The molecule has 0 amide bonds. The summed E-state index contributed by atoms with van der Waals surface area (Å²) in [5.41, 5.74) is 1.18. The predicted molar refractivity (Wildman–Crippen MR) is 64.7 cm³/mol. The minimum Gasteiger partial charge on any atom is -0.467 e. The topological polar surface area (TPSA) is 43.6 Å². The van der Waals surface area contributed by atoms with Crippen LogP contribution in [0.3, 0.4) is 0 Å². The van der Waals surface area contributed by atoms with Gasteiger partial charge in [-0.05, 0) is 19.0 Å². The number of nitrogens with one attached hydrogen (secondary N) is 1. The smallest absolute Gasteiger partial charge is 0.129 e. The normalized spacial score (nSPS) is 19.9. The second-order valence-corrected chi connectivity index (χ2v) is 4.45. The van der Waals surface area contributed by atoms with Crippen LogP contribution in [0.5, 0.6) is 0 Å². The molecule has 0 spiro atoms. The zero-order chi connectivity index (χ0) is 11.9. The van der Waals surface area contributed by atoms with Gasteiger partial charge in [-0.15, -0.1) is 0 Å². The van der Waals surface area contributed by atoms with Gasteiger partial charge in [-0.25, -0.2) is 0 Å². The molecule has 1 aromatic rings. The highest BCUT2D eigenvalue weighted by Gasteiger charge is 2.15. The van der Waals surface area contributed by atoms with E-state index in [-0.39, 0.29) is 0 Å². The fraction of sp³-hybridized carbons (Fsp3) is 0.692. The van der Waals surface area contributed by atoms with E-state index in [0.717, 1.165) is 45.1 Å². The van der Waals surface area contributed by atoms with Crippen molar-refractivity contribution < 1.29 is 13.9 Å². The molecule has 1 saturated heterocycles. The Morgan fingerprint density at radius 3 is 3.24 bits per heavy atom. The molecule has 1 unspecified atom stereocenters. The summed E-state index contributed by atoms with van der Waals surface area (Å²) in [7, 11) is 0. The lowest BCUT2D eigenvalue weighted by Crippen LogP contribution is -2.11. The van der Waals surface area contributed by atoms with E-state index in [1.54, 1.807) is 6.26 Å². The van der Waals surface area contributed by atoms with Crippen LogP contribution in [0.1, 0.15) is 24.7 Å². The van der Waals surface area contributed by atoms with Crippen LogP contribution in [-0.4, -0.2) is 26.4 Å². The maximum atomic E-state index is 5.63. The van der Waals surface area contributed by atoms with E-state index in [1.807, 2.05) is 6.07 Å². The third-order valence-electron chi connectivity index (χ3n) is 2.91. The Balaban J connectivity index is 1.65. The minimum absolute atomic E-state index is 0.558. The molecule has 2 rings (SSSR count). The Bertz CT molecular complexity index is 318. The summed E-state index contributed by atoms with van der Waals surface area (Å²) >= 11 is 0. The first-order chi connectivity index (χ1) is 8.38. The molecule has 1 N–H and O–H groups in total. The molecule has 0 aliphatic carbocycles. The minimum atomic E-state index is 0.558. The van der Waals surface area contributed by atoms with Crippen molar-refractivity contribution in [3.05, 3.63) is 23.7 Å². The van der Waals surface area contributed by atoms with Gasteiger partial charge in [0.1, 0.15) is 12.4 Å². The molecular weight excluding hydrogens is 218 g/mol. The summed E-state index contributed by atoms with van der Waals surface area (Å²) in [6.07, 6.45) is 2.91. The van der Waals surface area contributed by atoms with Crippen LogP contribution < -0.4 is 5.32 Å². The quantitative estimate of drug-likeness (QED) is 0.789. The molecule has 1 aliphatic rings. The van der Waals surface area contributed by atoms with Crippen molar-refractivity contribution in [2.24, 2.45) is 5.92 Å². The zero-order valence-corrected chi connectivity index (χ0v) is 10.4. The molecular formula is C13H21NO3. The molecule has 1 atom stereocenters. The van der Waals surface area contributed by atoms with Gasteiger partial charge in [-0.1, -0.05) is 6.92 Å². The van der Waals surface area contributed by atoms with Crippen LogP contribution in [-0.2, 0) is 22.6 Å². The third-order valence-corrected chi connectivity index (χ3v) is 2.91. The zero-order valence-electron chi connectivity index (χ0n) is 10.4. The molecule has 0 saturated carbocycles. The Morgan fingerprint density at radius 1 is 1.53 bits per heavy atom. The maximum Gasteiger partial charge on any atom is 0.129 e. The van der Waals surface area contributed by atoms with Crippen molar-refractivity contribution in [2.45, 2.75) is 26.5 Å². The van der Waals surface area contributed by atoms with Crippen molar-refractivity contribution in [3.8, 4) is 0 Å². The Labute approximate surface area is 102 Å². The lowest BCUT2D eigenvalue weighted by molar-refractivity contribution is 0.0691. The molecule has 96 valence electrons. The average Bonchev–Trinajstić information content (AvgIpc) is 2.98. The van der Waals surface area contributed by atoms with E-state index in [4.69, 9.17) is 13.9 Å². The summed E-state index contributed by atoms with van der Waals surface area (Å²) in [5.74, 6) is 1.46. The highest BCUT2D eigenvalue weighted by molar-refractivity contribution is 5.11. The monoisotopic (exact) mass is 239 g/mol. The molecule has 2 heterocycles. The Morgan fingerprint density at radius 2 is 2.47 bits per heavy atom. The molecule has 1 aliphatic heterocycles.